The highest BCUT2D eigenvalue weighted by atomic mass is 16.3. The van der Waals surface area contributed by atoms with Crippen LogP contribution in [0.4, 0.5) is 0 Å². The summed E-state index contributed by atoms with van der Waals surface area (Å²) in [5, 5.41) is 13.0. The van der Waals surface area contributed by atoms with Crippen molar-refractivity contribution in [3.8, 4) is 0 Å². The number of aliphatic hydroxyl groups excluding tert-OH is 1. The van der Waals surface area contributed by atoms with Crippen molar-refractivity contribution in [1.82, 2.24) is 9.88 Å². The molecule has 0 bridgehead atoms. The summed E-state index contributed by atoms with van der Waals surface area (Å²) in [6, 6.07) is 2.26. The first-order chi connectivity index (χ1) is 9.69. The Balaban J connectivity index is 1.81. The zero-order chi connectivity index (χ0) is 14.4. The Kier molecular flexibility index (Phi) is 5.65. The monoisotopic (exact) mass is 278 g/mol. The predicted octanol–water partition coefficient (Wildman–Crippen LogP) is 2.77. The molecule has 1 aromatic heterocycles. The maximum absolute atomic E-state index is 12.0. The number of hydrogen-bond acceptors (Lipinski definition) is 2. The molecule has 0 spiro atoms. The van der Waals surface area contributed by atoms with Crippen molar-refractivity contribution in [2.24, 2.45) is 0 Å². The molecule has 0 radical (unpaired) electrons. The summed E-state index contributed by atoms with van der Waals surface area (Å²) < 4.78 is 1.85. The van der Waals surface area contributed by atoms with E-state index in [1.165, 1.54) is 19.3 Å². The van der Waals surface area contributed by atoms with Crippen molar-refractivity contribution in [2.45, 2.75) is 70.6 Å². The zero-order valence-electron chi connectivity index (χ0n) is 12.3. The SMILES string of the molecule is CCCC(O)c1ccn(CC(=O)NC2CCCCC2)c1. The molecular formula is C16H26N2O2. The highest BCUT2D eigenvalue weighted by molar-refractivity contribution is 5.76. The van der Waals surface area contributed by atoms with E-state index in [-0.39, 0.29) is 5.91 Å². The van der Waals surface area contributed by atoms with E-state index < -0.39 is 6.10 Å². The van der Waals surface area contributed by atoms with Crippen LogP contribution in [0.2, 0.25) is 0 Å². The van der Waals surface area contributed by atoms with Crippen LogP contribution in [0.5, 0.6) is 0 Å². The number of aromatic nitrogens is 1. The van der Waals surface area contributed by atoms with Crippen molar-refractivity contribution < 1.29 is 9.90 Å². The van der Waals surface area contributed by atoms with Crippen LogP contribution in [0.3, 0.4) is 0 Å². The van der Waals surface area contributed by atoms with Gasteiger partial charge in [-0.1, -0.05) is 32.6 Å². The first kappa shape index (κ1) is 15.1. The van der Waals surface area contributed by atoms with Gasteiger partial charge in [0.1, 0.15) is 6.54 Å². The lowest BCUT2D eigenvalue weighted by Crippen LogP contribution is -2.38. The van der Waals surface area contributed by atoms with Crippen molar-refractivity contribution in [3.63, 3.8) is 0 Å². The minimum Gasteiger partial charge on any atom is -0.388 e. The van der Waals surface area contributed by atoms with E-state index in [1.54, 1.807) is 0 Å². The van der Waals surface area contributed by atoms with E-state index in [2.05, 4.69) is 12.2 Å². The molecule has 2 N–H and O–H groups in total. The molecule has 0 aromatic carbocycles. The molecule has 20 heavy (non-hydrogen) atoms. The van der Waals surface area contributed by atoms with Crippen LogP contribution in [0.15, 0.2) is 18.5 Å². The fourth-order valence-electron chi connectivity index (χ4n) is 2.88. The van der Waals surface area contributed by atoms with E-state index in [1.807, 2.05) is 23.0 Å². The Morgan fingerprint density at radius 2 is 2.20 bits per heavy atom. The average molecular weight is 278 g/mol. The molecular weight excluding hydrogens is 252 g/mol. The van der Waals surface area contributed by atoms with E-state index >= 15 is 0 Å². The number of hydrogen-bond donors (Lipinski definition) is 2. The van der Waals surface area contributed by atoms with Gasteiger partial charge in [-0.15, -0.1) is 0 Å². The fraction of sp³-hybridized carbons (Fsp3) is 0.688. The Bertz CT molecular complexity index is 422. The third-order valence-corrected chi connectivity index (χ3v) is 4.02. The molecule has 1 fully saturated rings. The first-order valence-electron chi connectivity index (χ1n) is 7.82. The van der Waals surface area contributed by atoms with Gasteiger partial charge in [-0.2, -0.15) is 0 Å². The fourth-order valence-corrected chi connectivity index (χ4v) is 2.88. The molecule has 1 aromatic rings. The van der Waals surface area contributed by atoms with Crippen LogP contribution in [-0.2, 0) is 11.3 Å². The van der Waals surface area contributed by atoms with Gasteiger partial charge in [0.05, 0.1) is 6.10 Å². The maximum atomic E-state index is 12.0. The second-order valence-electron chi connectivity index (χ2n) is 5.82. The molecule has 1 unspecified atom stereocenters. The Morgan fingerprint density at radius 1 is 1.45 bits per heavy atom. The van der Waals surface area contributed by atoms with Crippen LogP contribution >= 0.6 is 0 Å². The van der Waals surface area contributed by atoms with E-state index in [4.69, 9.17) is 0 Å². The lowest BCUT2D eigenvalue weighted by Gasteiger charge is -2.22. The van der Waals surface area contributed by atoms with E-state index in [0.717, 1.165) is 31.2 Å². The van der Waals surface area contributed by atoms with Crippen molar-refractivity contribution >= 4 is 5.91 Å². The van der Waals surface area contributed by atoms with Crippen molar-refractivity contribution in [1.29, 1.82) is 0 Å². The molecule has 112 valence electrons. The summed E-state index contributed by atoms with van der Waals surface area (Å²) in [6.07, 6.45) is 11.0. The van der Waals surface area contributed by atoms with Crippen molar-refractivity contribution in [2.75, 3.05) is 0 Å². The quantitative estimate of drug-likeness (QED) is 0.840. The lowest BCUT2D eigenvalue weighted by molar-refractivity contribution is -0.122. The molecule has 1 atom stereocenters. The molecule has 4 heteroatoms. The van der Waals surface area contributed by atoms with Gasteiger partial charge in [0, 0.05) is 18.4 Å². The highest BCUT2D eigenvalue weighted by Gasteiger charge is 2.16. The summed E-state index contributed by atoms with van der Waals surface area (Å²) in [6.45, 7) is 2.40. The van der Waals surface area contributed by atoms with Gasteiger partial charge in [-0.3, -0.25) is 4.79 Å². The molecule has 1 aliphatic carbocycles. The third-order valence-electron chi connectivity index (χ3n) is 4.02. The van der Waals surface area contributed by atoms with Crippen molar-refractivity contribution in [3.05, 3.63) is 24.0 Å². The summed E-state index contributed by atoms with van der Waals surface area (Å²) >= 11 is 0. The Morgan fingerprint density at radius 3 is 2.90 bits per heavy atom. The third kappa shape index (κ3) is 4.37. The largest absolute Gasteiger partial charge is 0.388 e. The summed E-state index contributed by atoms with van der Waals surface area (Å²) in [7, 11) is 0. The smallest absolute Gasteiger partial charge is 0.240 e. The normalized spacial score (nSPS) is 17.9. The second kappa shape index (κ2) is 7.48. The molecule has 1 heterocycles. The minimum absolute atomic E-state index is 0.0732. The van der Waals surface area contributed by atoms with Gasteiger partial charge in [0.15, 0.2) is 0 Å². The topological polar surface area (TPSA) is 54.3 Å². The van der Waals surface area contributed by atoms with Gasteiger partial charge in [-0.05, 0) is 30.9 Å². The number of amides is 1. The molecule has 4 nitrogen and oxygen atoms in total. The maximum Gasteiger partial charge on any atom is 0.240 e. The molecule has 1 amide bonds. The zero-order valence-corrected chi connectivity index (χ0v) is 12.3. The minimum atomic E-state index is -0.414. The highest BCUT2D eigenvalue weighted by Crippen LogP contribution is 2.19. The van der Waals surface area contributed by atoms with Crippen LogP contribution in [0, 0.1) is 0 Å². The lowest BCUT2D eigenvalue weighted by atomic mass is 9.95. The van der Waals surface area contributed by atoms with Crippen LogP contribution in [0.25, 0.3) is 0 Å². The average Bonchev–Trinajstić information content (AvgIpc) is 2.88. The predicted molar refractivity (Wildman–Crippen MR) is 79.3 cm³/mol. The number of rotatable bonds is 6. The first-order valence-corrected chi connectivity index (χ1v) is 7.82. The standard InChI is InChI=1S/C16H26N2O2/c1-2-6-15(19)13-9-10-18(11-13)12-16(20)17-14-7-4-3-5-8-14/h9-11,14-15,19H,2-8,12H2,1H3,(H,17,20). The van der Waals surface area contributed by atoms with Crippen LogP contribution < -0.4 is 5.32 Å². The summed E-state index contributed by atoms with van der Waals surface area (Å²) in [5.41, 5.74) is 0.900. The molecule has 2 rings (SSSR count). The number of aliphatic hydroxyl groups is 1. The van der Waals surface area contributed by atoms with Gasteiger partial charge in [0.25, 0.3) is 0 Å². The number of carbonyl (C=O) groups is 1. The Hall–Kier alpha value is -1.29. The van der Waals surface area contributed by atoms with E-state index in [9.17, 15) is 9.90 Å². The molecule has 1 aliphatic rings. The van der Waals surface area contributed by atoms with Crippen LogP contribution in [-0.4, -0.2) is 21.6 Å². The number of nitrogens with one attached hydrogen (secondary N) is 1. The number of carbonyl (C=O) groups excluding carboxylic acids is 1. The molecule has 1 saturated carbocycles. The van der Waals surface area contributed by atoms with Gasteiger partial charge < -0.3 is 15.0 Å². The Labute approximate surface area is 121 Å². The molecule has 0 saturated heterocycles. The second-order valence-corrected chi connectivity index (χ2v) is 5.82. The van der Waals surface area contributed by atoms with Gasteiger partial charge in [0.2, 0.25) is 5.91 Å². The summed E-state index contributed by atoms with van der Waals surface area (Å²) in [5.74, 6) is 0.0732. The summed E-state index contributed by atoms with van der Waals surface area (Å²) in [4.78, 5) is 12.0. The van der Waals surface area contributed by atoms with Gasteiger partial charge in [-0.25, -0.2) is 0 Å². The van der Waals surface area contributed by atoms with E-state index in [0.29, 0.717) is 12.6 Å². The molecule has 0 aliphatic heterocycles. The van der Waals surface area contributed by atoms with Gasteiger partial charge >= 0.3 is 0 Å². The van der Waals surface area contributed by atoms with Crippen LogP contribution in [0.1, 0.15) is 63.5 Å². The number of nitrogens with zero attached hydrogens (tertiary/aromatic N) is 1.